The van der Waals surface area contributed by atoms with E-state index in [1.54, 1.807) is 11.8 Å². The molecule has 9 unspecified atom stereocenters. The third-order valence-corrected chi connectivity index (χ3v) is 12.2. The van der Waals surface area contributed by atoms with Crippen molar-refractivity contribution in [1.29, 1.82) is 5.26 Å². The third kappa shape index (κ3) is 5.53. The number of fused-ring (bicyclic) bond motifs is 13. The topological polar surface area (TPSA) is 188 Å². The molecule has 0 saturated carbocycles. The Hall–Kier alpha value is -2.90. The molecule has 3 amide bonds. The van der Waals surface area contributed by atoms with Gasteiger partial charge in [-0.1, -0.05) is 7.43 Å². The maximum atomic E-state index is 11.9. The normalized spacial score (nSPS) is 45.4. The van der Waals surface area contributed by atoms with Crippen molar-refractivity contribution in [2.24, 2.45) is 23.5 Å². The first kappa shape index (κ1) is 34.5. The van der Waals surface area contributed by atoms with E-state index < -0.39 is 0 Å². The average molecular weight is 689 g/mol. The zero-order valence-corrected chi connectivity index (χ0v) is 27.9. The SMILES string of the molecule is C.CCOC(=O)N1C2CC(C#N)CC1[C@@H]1O[C@H]21.CCOC(=O)N1C2CC(CN)CC1[C@@H]1O[C@H]21.CCOC(=O)N1C2CC3CN[C@@]4(O[C@@H]24)C1C3. The zero-order chi connectivity index (χ0) is 33.5. The molecule has 15 atom stereocenters. The molecule has 15 nitrogen and oxygen atoms in total. The van der Waals surface area contributed by atoms with Crippen LogP contribution in [0.3, 0.4) is 0 Å². The second-order valence-electron chi connectivity index (χ2n) is 14.7. The number of morpholine rings is 3. The van der Waals surface area contributed by atoms with Crippen LogP contribution in [-0.4, -0.2) is 138 Å². The minimum absolute atomic E-state index is 0. The molecule has 49 heavy (non-hydrogen) atoms. The lowest BCUT2D eigenvalue weighted by atomic mass is 9.87. The van der Waals surface area contributed by atoms with Crippen LogP contribution in [0.25, 0.3) is 0 Å². The van der Waals surface area contributed by atoms with Gasteiger partial charge >= 0.3 is 18.3 Å². The third-order valence-electron chi connectivity index (χ3n) is 12.2. The second-order valence-corrected chi connectivity index (χ2v) is 14.7. The van der Waals surface area contributed by atoms with Crippen molar-refractivity contribution in [1.82, 2.24) is 20.0 Å². The van der Waals surface area contributed by atoms with Gasteiger partial charge < -0.3 is 34.2 Å². The lowest BCUT2D eigenvalue weighted by Crippen LogP contribution is -2.60. The predicted octanol–water partition coefficient (Wildman–Crippen LogP) is 2.17. The van der Waals surface area contributed by atoms with E-state index >= 15 is 0 Å². The average Bonchev–Trinajstić information content (AvgIpc) is 3.99. The highest BCUT2D eigenvalue weighted by molar-refractivity contribution is 5.71. The van der Waals surface area contributed by atoms with Crippen molar-refractivity contribution in [3.05, 3.63) is 0 Å². The molecule has 10 rings (SSSR count). The molecule has 0 radical (unpaired) electrons. The van der Waals surface area contributed by atoms with E-state index in [1.165, 1.54) is 0 Å². The molecular weight excluding hydrogens is 636 g/mol. The van der Waals surface area contributed by atoms with Crippen LogP contribution in [0.2, 0.25) is 0 Å². The van der Waals surface area contributed by atoms with Gasteiger partial charge in [0.25, 0.3) is 0 Å². The van der Waals surface area contributed by atoms with E-state index in [2.05, 4.69) is 11.4 Å². The molecule has 10 saturated heterocycles. The highest BCUT2D eigenvalue weighted by Crippen LogP contribution is 2.59. The summed E-state index contributed by atoms with van der Waals surface area (Å²) in [5.41, 5.74) is 5.52. The van der Waals surface area contributed by atoms with Crippen molar-refractivity contribution >= 4 is 18.3 Å². The van der Waals surface area contributed by atoms with Crippen LogP contribution in [0.5, 0.6) is 0 Å². The number of carbonyl (C=O) groups excluding carboxylic acids is 3. The van der Waals surface area contributed by atoms with E-state index in [-0.39, 0.29) is 104 Å². The van der Waals surface area contributed by atoms with Gasteiger partial charge in [-0.05, 0) is 77.7 Å². The molecule has 10 fully saturated rings. The summed E-state index contributed by atoms with van der Waals surface area (Å²) in [6.07, 6.45) is 5.99. The number of epoxide rings is 3. The largest absolute Gasteiger partial charge is 0.450 e. The van der Waals surface area contributed by atoms with Gasteiger partial charge in [0, 0.05) is 6.54 Å². The predicted molar refractivity (Wildman–Crippen MR) is 172 cm³/mol. The van der Waals surface area contributed by atoms with E-state index in [4.69, 9.17) is 39.4 Å². The number of hydrogen-bond acceptors (Lipinski definition) is 12. The summed E-state index contributed by atoms with van der Waals surface area (Å²) in [6.45, 7) is 8.53. The van der Waals surface area contributed by atoms with Crippen LogP contribution in [0.1, 0.15) is 66.7 Å². The fraction of sp³-hybridized carbons (Fsp3) is 0.882. The fourth-order valence-electron chi connectivity index (χ4n) is 10.2. The van der Waals surface area contributed by atoms with Crippen molar-refractivity contribution in [2.45, 2.75) is 139 Å². The van der Waals surface area contributed by atoms with E-state index in [0.717, 1.165) is 45.1 Å². The van der Waals surface area contributed by atoms with Gasteiger partial charge in [0.05, 0.1) is 68.1 Å². The summed E-state index contributed by atoms with van der Waals surface area (Å²) in [5, 5.41) is 12.4. The molecule has 7 bridgehead atoms. The molecule has 0 aromatic rings. The molecular formula is C34H52N6O9. The maximum absolute atomic E-state index is 11.9. The first-order valence-corrected chi connectivity index (χ1v) is 18.0. The van der Waals surface area contributed by atoms with Crippen LogP contribution >= 0.6 is 0 Å². The molecule has 272 valence electrons. The Balaban J connectivity index is 0.000000115. The first-order valence-electron chi connectivity index (χ1n) is 18.0. The summed E-state index contributed by atoms with van der Waals surface area (Å²) < 4.78 is 32.2. The first-order chi connectivity index (χ1) is 23.3. The van der Waals surface area contributed by atoms with Crippen LogP contribution in [0, 0.1) is 29.1 Å². The maximum Gasteiger partial charge on any atom is 0.410 e. The van der Waals surface area contributed by atoms with Crippen molar-refractivity contribution in [3.8, 4) is 6.07 Å². The van der Waals surface area contributed by atoms with Gasteiger partial charge in [-0.25, -0.2) is 14.4 Å². The Morgan fingerprint density at radius 1 is 0.776 bits per heavy atom. The quantitative estimate of drug-likeness (QED) is 0.324. The van der Waals surface area contributed by atoms with E-state index in [0.29, 0.717) is 38.2 Å². The molecule has 1 spiro atoms. The summed E-state index contributed by atoms with van der Waals surface area (Å²) in [7, 11) is 0. The number of amides is 3. The number of carbonyl (C=O) groups is 3. The Morgan fingerprint density at radius 2 is 1.27 bits per heavy atom. The zero-order valence-electron chi connectivity index (χ0n) is 27.9. The van der Waals surface area contributed by atoms with E-state index in [1.807, 2.05) is 23.6 Å². The lowest BCUT2D eigenvalue weighted by molar-refractivity contribution is -0.0269. The number of nitriles is 1. The van der Waals surface area contributed by atoms with Gasteiger partial charge in [0.15, 0.2) is 5.72 Å². The number of nitrogens with one attached hydrogen (secondary N) is 1. The minimum atomic E-state index is -0.246. The summed E-state index contributed by atoms with van der Waals surface area (Å²) in [4.78, 5) is 41.2. The van der Waals surface area contributed by atoms with Gasteiger partial charge in [0.1, 0.15) is 30.5 Å². The fourth-order valence-corrected chi connectivity index (χ4v) is 10.2. The number of piperidine rings is 4. The number of rotatable bonds is 4. The standard InChI is InChI=1S/C11H16N2O3.C11H18N2O3.C11H14N2O3.CH4/c1-2-15-10(14)13-7-3-6-4-8(13)11(12-5-6)9(7)16-11;2*1-2-15-11(14)13-7-3-6(5-12)4-8(13)10-9(7)16-10;/h6-9,12H,2-5H2,1H3;6-10H,2-5,12H2,1H3;6-10H,2-4H2,1H3;1H4/t6?,7?,8?,9-,11+;2*6?,7?,8?,9-,10+;/m0.../s1. The van der Waals surface area contributed by atoms with Crippen molar-refractivity contribution in [2.75, 3.05) is 32.9 Å². The smallest absolute Gasteiger partial charge is 0.410 e. The molecule has 0 aromatic heterocycles. The minimum Gasteiger partial charge on any atom is -0.450 e. The van der Waals surface area contributed by atoms with Crippen LogP contribution in [0.4, 0.5) is 14.4 Å². The Morgan fingerprint density at radius 3 is 1.73 bits per heavy atom. The molecule has 10 aliphatic rings. The Labute approximate surface area is 287 Å². The summed E-state index contributed by atoms with van der Waals surface area (Å²) in [6, 6.07) is 3.29. The molecule has 3 N–H and O–H groups in total. The van der Waals surface area contributed by atoms with E-state index in [9.17, 15) is 14.4 Å². The molecule has 0 aromatic carbocycles. The monoisotopic (exact) mass is 688 g/mol. The van der Waals surface area contributed by atoms with Crippen molar-refractivity contribution in [3.63, 3.8) is 0 Å². The molecule has 10 aliphatic heterocycles. The Bertz CT molecular complexity index is 1310. The second kappa shape index (κ2) is 13.0. The summed E-state index contributed by atoms with van der Waals surface area (Å²) >= 11 is 0. The number of nitrogens with zero attached hydrogens (tertiary/aromatic N) is 4. The van der Waals surface area contributed by atoms with Gasteiger partial charge in [-0.2, -0.15) is 5.26 Å². The number of hydrogen-bond donors (Lipinski definition) is 2. The molecule has 15 heteroatoms. The molecule has 10 heterocycles. The summed E-state index contributed by atoms with van der Waals surface area (Å²) in [5.74, 6) is 1.32. The van der Waals surface area contributed by atoms with Crippen LogP contribution in [-0.2, 0) is 28.4 Å². The van der Waals surface area contributed by atoms with Gasteiger partial charge in [-0.15, -0.1) is 0 Å². The molecule has 0 aliphatic carbocycles. The Kier molecular flexibility index (Phi) is 9.17. The number of ether oxygens (including phenoxy) is 6. The lowest BCUT2D eigenvalue weighted by Gasteiger charge is -2.44. The van der Waals surface area contributed by atoms with Gasteiger partial charge in [-0.3, -0.25) is 20.0 Å². The highest BCUT2D eigenvalue weighted by Gasteiger charge is 2.77. The highest BCUT2D eigenvalue weighted by atomic mass is 16.6. The van der Waals surface area contributed by atoms with Gasteiger partial charge in [0.2, 0.25) is 0 Å². The number of nitrogens with two attached hydrogens (primary N) is 1. The van der Waals surface area contributed by atoms with Crippen molar-refractivity contribution < 1.29 is 42.8 Å². The van der Waals surface area contributed by atoms with Crippen LogP contribution < -0.4 is 11.1 Å². The van der Waals surface area contributed by atoms with Crippen LogP contribution in [0.15, 0.2) is 0 Å².